The Morgan fingerprint density at radius 2 is 1.12 bits per heavy atom. The van der Waals surface area contributed by atoms with E-state index >= 15 is 0 Å². The van der Waals surface area contributed by atoms with Gasteiger partial charge >= 0.3 is 0 Å². The second-order valence-electron chi connectivity index (χ2n) is 14.2. The van der Waals surface area contributed by atoms with Gasteiger partial charge in [0.15, 0.2) is 0 Å². The van der Waals surface area contributed by atoms with Crippen molar-refractivity contribution >= 4 is 0 Å². The summed E-state index contributed by atoms with van der Waals surface area (Å²) in [6, 6.07) is 0. The van der Waals surface area contributed by atoms with Crippen LogP contribution in [0.4, 0.5) is 0 Å². The predicted octanol–water partition coefficient (Wildman–Crippen LogP) is 7.36. The van der Waals surface area contributed by atoms with Crippen molar-refractivity contribution in [3.8, 4) is 0 Å². The van der Waals surface area contributed by atoms with E-state index in [0.717, 1.165) is 88.9 Å². The molecule has 0 aromatic rings. The zero-order chi connectivity index (χ0) is 28.3. The standard InChI is InChI=1S/2C12H22O3.C11H18/c2*1-2-13-6-3-7-14-9-10-4-5-11-12(8-10)15-11;1-2-6-11(5-1)8-9-3-4-10(11)7-9/h2*10-12H,2-9H2,1H3;9-10H,1-8H2. The van der Waals surface area contributed by atoms with Crippen LogP contribution in [0, 0.1) is 29.1 Å². The molecule has 0 amide bonds. The Bertz CT molecular complexity index is 685. The van der Waals surface area contributed by atoms with Crippen LogP contribution in [-0.2, 0) is 28.4 Å². The Balaban J connectivity index is 0.000000125. The second-order valence-corrected chi connectivity index (χ2v) is 14.2. The molecule has 238 valence electrons. The van der Waals surface area contributed by atoms with E-state index < -0.39 is 0 Å². The third kappa shape index (κ3) is 10.1. The molecular weight excluding hydrogens is 516 g/mol. The lowest BCUT2D eigenvalue weighted by Crippen LogP contribution is -2.23. The van der Waals surface area contributed by atoms with Gasteiger partial charge in [0.1, 0.15) is 0 Å². The van der Waals surface area contributed by atoms with Gasteiger partial charge in [-0.25, -0.2) is 0 Å². The Morgan fingerprint density at radius 1 is 0.585 bits per heavy atom. The first kappa shape index (κ1) is 32.2. The van der Waals surface area contributed by atoms with Gasteiger partial charge in [0.2, 0.25) is 0 Å². The fraction of sp³-hybridized carbons (Fsp3) is 1.00. The first-order valence-corrected chi connectivity index (χ1v) is 17.8. The number of rotatable bonds is 14. The smallest absolute Gasteiger partial charge is 0.0845 e. The molecule has 8 unspecified atom stereocenters. The summed E-state index contributed by atoms with van der Waals surface area (Å²) in [5, 5.41) is 0. The molecule has 0 aromatic heterocycles. The van der Waals surface area contributed by atoms with E-state index in [2.05, 4.69) is 0 Å². The molecule has 2 saturated heterocycles. The number of hydrogen-bond acceptors (Lipinski definition) is 6. The third-order valence-electron chi connectivity index (χ3n) is 11.2. The van der Waals surface area contributed by atoms with Crippen molar-refractivity contribution in [3.63, 3.8) is 0 Å². The maximum Gasteiger partial charge on any atom is 0.0845 e. The lowest BCUT2D eigenvalue weighted by Gasteiger charge is -2.33. The fourth-order valence-corrected chi connectivity index (χ4v) is 8.84. The van der Waals surface area contributed by atoms with E-state index in [1.54, 1.807) is 51.4 Å². The van der Waals surface area contributed by atoms with Crippen molar-refractivity contribution in [2.24, 2.45) is 29.1 Å². The number of hydrogen-bond donors (Lipinski definition) is 0. The molecule has 2 heterocycles. The van der Waals surface area contributed by atoms with Crippen LogP contribution in [0.15, 0.2) is 0 Å². The van der Waals surface area contributed by atoms with Crippen molar-refractivity contribution in [1.29, 1.82) is 0 Å². The first-order valence-electron chi connectivity index (χ1n) is 17.8. The highest BCUT2D eigenvalue weighted by molar-refractivity contribution is 5.02. The minimum atomic E-state index is 0.579. The molecule has 7 rings (SSSR count). The van der Waals surface area contributed by atoms with E-state index in [-0.39, 0.29) is 0 Å². The molecule has 6 nitrogen and oxygen atoms in total. The number of fused-ring (bicyclic) bond motifs is 5. The van der Waals surface area contributed by atoms with Crippen LogP contribution < -0.4 is 0 Å². The Labute approximate surface area is 251 Å². The lowest BCUT2D eigenvalue weighted by atomic mass is 9.72. The molecule has 0 N–H and O–H groups in total. The van der Waals surface area contributed by atoms with Gasteiger partial charge in [-0.05, 0) is 126 Å². The summed E-state index contributed by atoms with van der Waals surface area (Å²) in [6.07, 6.45) is 24.6. The fourth-order valence-electron chi connectivity index (χ4n) is 8.84. The lowest BCUT2D eigenvalue weighted by molar-refractivity contribution is 0.0626. The minimum absolute atomic E-state index is 0.579. The maximum atomic E-state index is 5.65. The zero-order valence-corrected chi connectivity index (χ0v) is 26.5. The van der Waals surface area contributed by atoms with Crippen molar-refractivity contribution < 1.29 is 28.4 Å². The van der Waals surface area contributed by atoms with Crippen LogP contribution in [0.3, 0.4) is 0 Å². The average molecular weight is 579 g/mol. The monoisotopic (exact) mass is 578 g/mol. The van der Waals surface area contributed by atoms with Crippen LogP contribution >= 0.6 is 0 Å². The average Bonchev–Trinajstić information content (AvgIpc) is 3.80. The zero-order valence-electron chi connectivity index (χ0n) is 26.5. The number of epoxide rings is 2. The van der Waals surface area contributed by atoms with Gasteiger partial charge in [-0.3, -0.25) is 0 Å². The Morgan fingerprint density at radius 3 is 1.56 bits per heavy atom. The van der Waals surface area contributed by atoms with Crippen LogP contribution in [0.5, 0.6) is 0 Å². The van der Waals surface area contributed by atoms with Crippen molar-refractivity contribution in [2.75, 3.05) is 52.9 Å². The molecule has 41 heavy (non-hydrogen) atoms. The minimum Gasteiger partial charge on any atom is -0.382 e. The normalized spacial score (nSPS) is 37.0. The third-order valence-corrected chi connectivity index (χ3v) is 11.2. The topological polar surface area (TPSA) is 62.0 Å². The van der Waals surface area contributed by atoms with E-state index in [1.807, 2.05) is 13.8 Å². The SMILES string of the molecule is C1CCC2(C1)CC1CCC2C1.CCOCCCOCC1CCC2OC2C1.CCOCCCOCC1CCC2OC2C1. The van der Waals surface area contributed by atoms with Crippen molar-refractivity contribution in [2.45, 2.75) is 141 Å². The highest BCUT2D eigenvalue weighted by Gasteiger charge is 2.51. The van der Waals surface area contributed by atoms with Gasteiger partial charge in [0, 0.05) is 52.9 Å². The van der Waals surface area contributed by atoms with Gasteiger partial charge < -0.3 is 28.4 Å². The van der Waals surface area contributed by atoms with Gasteiger partial charge in [0.05, 0.1) is 24.4 Å². The summed E-state index contributed by atoms with van der Waals surface area (Å²) in [5.74, 6) is 3.81. The highest BCUT2D eigenvalue weighted by Crippen LogP contribution is 2.62. The molecule has 7 aliphatic rings. The van der Waals surface area contributed by atoms with Gasteiger partial charge in [0.25, 0.3) is 0 Å². The van der Waals surface area contributed by atoms with Gasteiger partial charge in [-0.15, -0.1) is 0 Å². The summed E-state index contributed by atoms with van der Waals surface area (Å²) >= 11 is 0. The largest absolute Gasteiger partial charge is 0.382 e. The molecule has 5 saturated carbocycles. The van der Waals surface area contributed by atoms with Crippen LogP contribution in [0.25, 0.3) is 0 Å². The Hall–Kier alpha value is -0.240. The van der Waals surface area contributed by atoms with Gasteiger partial charge in [-0.2, -0.15) is 0 Å². The molecule has 1 spiro atoms. The second kappa shape index (κ2) is 16.7. The first-order chi connectivity index (χ1) is 20.2. The molecule has 0 radical (unpaired) electrons. The number of ether oxygens (including phenoxy) is 6. The predicted molar refractivity (Wildman–Crippen MR) is 162 cm³/mol. The summed E-state index contributed by atoms with van der Waals surface area (Å²) < 4.78 is 32.8. The van der Waals surface area contributed by atoms with E-state index in [9.17, 15) is 0 Å². The van der Waals surface area contributed by atoms with Gasteiger partial charge in [-0.1, -0.05) is 19.3 Å². The van der Waals surface area contributed by atoms with E-state index in [0.29, 0.717) is 24.4 Å². The molecule has 7 fully saturated rings. The van der Waals surface area contributed by atoms with Crippen molar-refractivity contribution in [1.82, 2.24) is 0 Å². The summed E-state index contributed by atoms with van der Waals surface area (Å²) in [4.78, 5) is 0. The Kier molecular flexibility index (Phi) is 13.1. The molecular formula is C35H62O6. The molecule has 2 aliphatic heterocycles. The molecule has 5 aliphatic carbocycles. The quantitative estimate of drug-likeness (QED) is 0.159. The highest BCUT2D eigenvalue weighted by atomic mass is 16.6. The van der Waals surface area contributed by atoms with Crippen LogP contribution in [0.2, 0.25) is 0 Å². The molecule has 0 aromatic carbocycles. The maximum absolute atomic E-state index is 5.65. The molecule has 2 bridgehead atoms. The molecule has 8 atom stereocenters. The van der Waals surface area contributed by atoms with Crippen LogP contribution in [-0.4, -0.2) is 77.3 Å². The van der Waals surface area contributed by atoms with Crippen molar-refractivity contribution in [3.05, 3.63) is 0 Å². The summed E-state index contributed by atoms with van der Waals surface area (Å²) in [6.45, 7) is 10.8. The summed E-state index contributed by atoms with van der Waals surface area (Å²) in [5.41, 5.74) is 0.906. The van der Waals surface area contributed by atoms with E-state index in [4.69, 9.17) is 28.4 Å². The van der Waals surface area contributed by atoms with Crippen LogP contribution in [0.1, 0.15) is 117 Å². The van der Waals surface area contributed by atoms with E-state index in [1.165, 1.54) is 44.4 Å². The molecule has 6 heteroatoms. The summed E-state index contributed by atoms with van der Waals surface area (Å²) in [7, 11) is 0.